The highest BCUT2D eigenvalue weighted by Gasteiger charge is 2.47. The van der Waals surface area contributed by atoms with E-state index in [-0.39, 0.29) is 11.3 Å². The van der Waals surface area contributed by atoms with Crippen LogP contribution in [0.4, 0.5) is 5.69 Å². The molecule has 1 heterocycles. The van der Waals surface area contributed by atoms with E-state index in [1.807, 2.05) is 57.2 Å². The van der Waals surface area contributed by atoms with Crippen LogP contribution in [0.5, 0.6) is 5.75 Å². The lowest BCUT2D eigenvalue weighted by Crippen LogP contribution is -2.29. The van der Waals surface area contributed by atoms with Gasteiger partial charge in [-0.15, -0.1) is 0 Å². The van der Waals surface area contributed by atoms with Gasteiger partial charge in [0, 0.05) is 11.3 Å². The Labute approximate surface area is 206 Å². The molecule has 180 valence electrons. The van der Waals surface area contributed by atoms with Crippen molar-refractivity contribution in [2.75, 3.05) is 11.5 Å². The maximum absolute atomic E-state index is 13.4. The number of benzene rings is 3. The quantitative estimate of drug-likeness (QED) is 0.262. The third-order valence-corrected chi connectivity index (χ3v) is 6.41. The van der Waals surface area contributed by atoms with Crippen molar-refractivity contribution >= 4 is 23.1 Å². The smallest absolute Gasteiger partial charge is 0.300 e. The van der Waals surface area contributed by atoms with Crippen molar-refractivity contribution in [2.24, 2.45) is 5.92 Å². The molecule has 0 bridgehead atoms. The van der Waals surface area contributed by atoms with E-state index in [0.29, 0.717) is 29.5 Å². The van der Waals surface area contributed by atoms with E-state index in [9.17, 15) is 14.7 Å². The van der Waals surface area contributed by atoms with Crippen molar-refractivity contribution in [3.05, 3.63) is 100 Å². The molecule has 35 heavy (non-hydrogen) atoms. The average molecular weight is 470 g/mol. The normalized spacial score (nSPS) is 17.3. The predicted molar refractivity (Wildman–Crippen MR) is 139 cm³/mol. The first kappa shape index (κ1) is 24.3. The third kappa shape index (κ3) is 4.72. The number of aliphatic hydroxyl groups is 1. The van der Waals surface area contributed by atoms with Gasteiger partial charge in [0.2, 0.25) is 0 Å². The van der Waals surface area contributed by atoms with Crippen molar-refractivity contribution in [2.45, 2.75) is 40.7 Å². The largest absolute Gasteiger partial charge is 0.507 e. The van der Waals surface area contributed by atoms with Crippen LogP contribution < -0.4 is 9.64 Å². The fourth-order valence-electron chi connectivity index (χ4n) is 4.30. The Bertz CT molecular complexity index is 1300. The first-order valence-corrected chi connectivity index (χ1v) is 11.9. The van der Waals surface area contributed by atoms with Crippen LogP contribution in [0.15, 0.2) is 72.3 Å². The van der Waals surface area contributed by atoms with Crippen molar-refractivity contribution in [1.82, 2.24) is 0 Å². The summed E-state index contributed by atoms with van der Waals surface area (Å²) in [7, 11) is 0. The van der Waals surface area contributed by atoms with Gasteiger partial charge in [-0.3, -0.25) is 14.5 Å². The van der Waals surface area contributed by atoms with E-state index in [1.54, 1.807) is 30.3 Å². The molecule has 1 N–H and O–H groups in total. The Morgan fingerprint density at radius 3 is 2.23 bits per heavy atom. The summed E-state index contributed by atoms with van der Waals surface area (Å²) in [6.07, 6.45) is 0. The number of anilines is 1. The Kier molecular flexibility index (Phi) is 6.79. The molecule has 0 spiro atoms. The minimum atomic E-state index is -0.750. The molecule has 1 fully saturated rings. The number of carbonyl (C=O) groups is 2. The lowest BCUT2D eigenvalue weighted by Gasteiger charge is -2.27. The van der Waals surface area contributed by atoms with Crippen LogP contribution in [0.2, 0.25) is 0 Å². The zero-order chi connectivity index (χ0) is 25.3. The molecule has 0 radical (unpaired) electrons. The fourth-order valence-corrected chi connectivity index (χ4v) is 4.30. The lowest BCUT2D eigenvalue weighted by atomic mass is 9.92. The molecule has 1 unspecified atom stereocenters. The summed E-state index contributed by atoms with van der Waals surface area (Å²) < 4.78 is 5.78. The number of nitrogens with zero attached hydrogens (tertiary/aromatic N) is 1. The summed E-state index contributed by atoms with van der Waals surface area (Å²) in [5.41, 5.74) is 4.96. The first-order chi connectivity index (χ1) is 16.7. The molecule has 1 aliphatic rings. The van der Waals surface area contributed by atoms with Gasteiger partial charge in [0.15, 0.2) is 0 Å². The second-order valence-electron chi connectivity index (χ2n) is 9.52. The lowest BCUT2D eigenvalue weighted by molar-refractivity contribution is -0.132. The summed E-state index contributed by atoms with van der Waals surface area (Å²) >= 11 is 0. The highest BCUT2D eigenvalue weighted by molar-refractivity contribution is 6.51. The SMILES string of the molecule is Cc1ccc(/C(O)=C2\C(=O)C(=O)N(c3ccc(OCC(C)C)cc3)C2c2ccccc2C)cc1C. The number of hydrogen-bond acceptors (Lipinski definition) is 4. The summed E-state index contributed by atoms with van der Waals surface area (Å²) in [5, 5.41) is 11.3. The Morgan fingerprint density at radius 1 is 0.914 bits per heavy atom. The number of carbonyl (C=O) groups excluding carboxylic acids is 2. The van der Waals surface area contributed by atoms with Gasteiger partial charge in [0.1, 0.15) is 11.5 Å². The van der Waals surface area contributed by atoms with E-state index >= 15 is 0 Å². The Balaban J connectivity index is 1.85. The average Bonchev–Trinajstić information content (AvgIpc) is 3.10. The molecular formula is C30H31NO4. The molecule has 1 saturated heterocycles. The minimum absolute atomic E-state index is 0.0905. The van der Waals surface area contributed by atoms with E-state index in [1.165, 1.54) is 4.90 Å². The van der Waals surface area contributed by atoms with Crippen molar-refractivity contribution < 1.29 is 19.4 Å². The van der Waals surface area contributed by atoms with Gasteiger partial charge in [-0.25, -0.2) is 0 Å². The second kappa shape index (κ2) is 9.79. The van der Waals surface area contributed by atoms with Gasteiger partial charge in [0.05, 0.1) is 18.2 Å². The monoisotopic (exact) mass is 469 g/mol. The molecule has 3 aromatic carbocycles. The van der Waals surface area contributed by atoms with E-state index < -0.39 is 17.7 Å². The number of hydrogen-bond donors (Lipinski definition) is 1. The van der Waals surface area contributed by atoms with Crippen LogP contribution in [0.1, 0.15) is 47.7 Å². The van der Waals surface area contributed by atoms with Crippen LogP contribution in [-0.4, -0.2) is 23.4 Å². The molecule has 3 aromatic rings. The number of Topliss-reactive ketones (excluding diaryl/α,β-unsaturated/α-hetero) is 1. The summed E-state index contributed by atoms with van der Waals surface area (Å²) in [4.78, 5) is 28.2. The molecule has 5 heteroatoms. The molecule has 0 aliphatic carbocycles. The van der Waals surface area contributed by atoms with Crippen molar-refractivity contribution in [3.63, 3.8) is 0 Å². The zero-order valence-corrected chi connectivity index (χ0v) is 20.8. The van der Waals surface area contributed by atoms with Crippen molar-refractivity contribution in [3.8, 4) is 5.75 Å². The van der Waals surface area contributed by atoms with Gasteiger partial charge in [-0.05, 0) is 79.3 Å². The standard InChI is InChI=1S/C30H31NO4/c1-18(2)17-35-24-14-12-23(13-15-24)31-27(25-9-7-6-8-20(25)4)26(29(33)30(31)34)28(32)22-11-10-19(3)21(5)16-22/h6-16,18,27,32H,17H2,1-5H3/b28-26+. The second-order valence-corrected chi connectivity index (χ2v) is 9.52. The van der Waals surface area contributed by atoms with Crippen LogP contribution in [0.25, 0.3) is 5.76 Å². The number of aryl methyl sites for hydroxylation is 3. The Hall–Kier alpha value is -3.86. The van der Waals surface area contributed by atoms with Gasteiger partial charge in [-0.1, -0.05) is 50.2 Å². The molecule has 1 aliphatic heterocycles. The maximum atomic E-state index is 13.4. The number of ether oxygens (including phenoxy) is 1. The van der Waals surface area contributed by atoms with Gasteiger partial charge >= 0.3 is 0 Å². The van der Waals surface area contributed by atoms with Gasteiger partial charge in [0.25, 0.3) is 11.7 Å². The molecule has 0 saturated carbocycles. The van der Waals surface area contributed by atoms with E-state index in [4.69, 9.17) is 4.74 Å². The molecule has 1 atom stereocenters. The number of rotatable bonds is 6. The maximum Gasteiger partial charge on any atom is 0.300 e. The first-order valence-electron chi connectivity index (χ1n) is 11.9. The zero-order valence-electron chi connectivity index (χ0n) is 20.8. The van der Waals surface area contributed by atoms with Gasteiger partial charge < -0.3 is 9.84 Å². The molecular weight excluding hydrogens is 438 g/mol. The molecule has 4 rings (SSSR count). The molecule has 0 aromatic heterocycles. The summed E-state index contributed by atoms with van der Waals surface area (Å²) in [6, 6.07) is 19.6. The summed E-state index contributed by atoms with van der Waals surface area (Å²) in [5.74, 6) is -0.451. The van der Waals surface area contributed by atoms with Crippen molar-refractivity contribution in [1.29, 1.82) is 0 Å². The molecule has 1 amide bonds. The van der Waals surface area contributed by atoms with E-state index in [2.05, 4.69) is 13.8 Å². The Morgan fingerprint density at radius 2 is 1.60 bits per heavy atom. The number of aliphatic hydroxyl groups excluding tert-OH is 1. The number of ketones is 1. The number of amides is 1. The van der Waals surface area contributed by atoms with Crippen LogP contribution in [0, 0.1) is 26.7 Å². The summed E-state index contributed by atoms with van der Waals surface area (Å²) in [6.45, 7) is 10.6. The fraction of sp³-hybridized carbons (Fsp3) is 0.267. The van der Waals surface area contributed by atoms with Crippen LogP contribution >= 0.6 is 0 Å². The minimum Gasteiger partial charge on any atom is -0.507 e. The topological polar surface area (TPSA) is 66.8 Å². The van der Waals surface area contributed by atoms with Crippen LogP contribution in [0.3, 0.4) is 0 Å². The molecule has 5 nitrogen and oxygen atoms in total. The van der Waals surface area contributed by atoms with Gasteiger partial charge in [-0.2, -0.15) is 0 Å². The predicted octanol–water partition coefficient (Wildman–Crippen LogP) is 6.27. The third-order valence-electron chi connectivity index (χ3n) is 6.41. The highest BCUT2D eigenvalue weighted by atomic mass is 16.5. The van der Waals surface area contributed by atoms with Crippen LogP contribution in [-0.2, 0) is 9.59 Å². The highest BCUT2D eigenvalue weighted by Crippen LogP contribution is 2.43. The van der Waals surface area contributed by atoms with E-state index in [0.717, 1.165) is 22.3 Å².